The Morgan fingerprint density at radius 1 is 1.25 bits per heavy atom. The summed E-state index contributed by atoms with van der Waals surface area (Å²) < 4.78 is 2.44. The molecule has 0 bridgehead atoms. The second kappa shape index (κ2) is 6.01. The Hall–Kier alpha value is -1.28. The number of benzene rings is 1. The van der Waals surface area contributed by atoms with Crippen molar-refractivity contribution >= 4 is 10.9 Å². The van der Waals surface area contributed by atoms with Crippen LogP contribution in [0, 0.1) is 12.8 Å². The van der Waals surface area contributed by atoms with Gasteiger partial charge in [0.25, 0.3) is 0 Å². The zero-order valence-corrected chi connectivity index (χ0v) is 12.7. The topological polar surface area (TPSA) is 17.0 Å². The number of aryl methyl sites for hydroxylation is 1. The molecule has 1 fully saturated rings. The fourth-order valence-corrected chi connectivity index (χ4v) is 3.65. The second-order valence-electron chi connectivity index (χ2n) is 6.42. The molecular weight excluding hydrogens is 244 g/mol. The van der Waals surface area contributed by atoms with Crippen molar-refractivity contribution in [3.8, 4) is 0 Å². The highest BCUT2D eigenvalue weighted by Gasteiger charge is 2.17. The first-order valence-electron chi connectivity index (χ1n) is 8.02. The summed E-state index contributed by atoms with van der Waals surface area (Å²) >= 11 is 0. The third-order valence-electron chi connectivity index (χ3n) is 4.72. The largest absolute Gasteiger partial charge is 0.344 e. The van der Waals surface area contributed by atoms with Crippen LogP contribution in [0.3, 0.4) is 0 Å². The first-order chi connectivity index (χ1) is 9.74. The van der Waals surface area contributed by atoms with Crippen molar-refractivity contribution in [2.75, 3.05) is 6.54 Å². The van der Waals surface area contributed by atoms with Gasteiger partial charge in [0, 0.05) is 30.3 Å². The third-order valence-corrected chi connectivity index (χ3v) is 4.72. The molecule has 0 amide bonds. The minimum atomic E-state index is 0.737. The van der Waals surface area contributed by atoms with Gasteiger partial charge in [0.05, 0.1) is 0 Å². The molecule has 1 aliphatic carbocycles. The van der Waals surface area contributed by atoms with Crippen LogP contribution in [-0.4, -0.2) is 17.2 Å². The molecule has 108 valence electrons. The van der Waals surface area contributed by atoms with Gasteiger partial charge in [-0.15, -0.1) is 0 Å². The van der Waals surface area contributed by atoms with E-state index in [9.17, 15) is 0 Å². The Kier molecular flexibility index (Phi) is 4.11. The van der Waals surface area contributed by atoms with E-state index in [4.69, 9.17) is 0 Å². The van der Waals surface area contributed by atoms with Crippen molar-refractivity contribution in [1.82, 2.24) is 9.88 Å². The van der Waals surface area contributed by atoms with E-state index in [2.05, 4.69) is 54.1 Å². The van der Waals surface area contributed by atoms with E-state index in [0.29, 0.717) is 0 Å². The maximum absolute atomic E-state index is 3.76. The summed E-state index contributed by atoms with van der Waals surface area (Å²) in [5.74, 6) is 0.899. The monoisotopic (exact) mass is 270 g/mol. The molecule has 2 unspecified atom stereocenters. The van der Waals surface area contributed by atoms with E-state index in [1.807, 2.05) is 0 Å². The average Bonchev–Trinajstić information content (AvgIpc) is 2.75. The van der Waals surface area contributed by atoms with Crippen molar-refractivity contribution < 1.29 is 0 Å². The summed E-state index contributed by atoms with van der Waals surface area (Å²) in [5.41, 5.74) is 2.73. The van der Waals surface area contributed by atoms with E-state index in [1.165, 1.54) is 42.3 Å². The Bertz CT molecular complexity index is 570. The smallest absolute Gasteiger partial charge is 0.0482 e. The fourth-order valence-electron chi connectivity index (χ4n) is 3.65. The first-order valence-corrected chi connectivity index (χ1v) is 8.02. The number of nitrogens with zero attached hydrogens (tertiary/aromatic N) is 1. The molecule has 2 aromatic rings. The van der Waals surface area contributed by atoms with Crippen LogP contribution in [-0.2, 0) is 6.54 Å². The maximum atomic E-state index is 3.76. The van der Waals surface area contributed by atoms with E-state index >= 15 is 0 Å². The van der Waals surface area contributed by atoms with Gasteiger partial charge in [-0.05, 0) is 43.2 Å². The molecule has 0 spiro atoms. The number of aromatic nitrogens is 1. The maximum Gasteiger partial charge on any atom is 0.0482 e. The molecule has 0 aliphatic heterocycles. The highest BCUT2D eigenvalue weighted by molar-refractivity contribution is 5.81. The van der Waals surface area contributed by atoms with Gasteiger partial charge in [-0.3, -0.25) is 0 Å². The van der Waals surface area contributed by atoms with Crippen LogP contribution in [0.2, 0.25) is 0 Å². The Morgan fingerprint density at radius 2 is 2.10 bits per heavy atom. The number of para-hydroxylation sites is 1. The lowest BCUT2D eigenvalue weighted by molar-refractivity contribution is 0.299. The van der Waals surface area contributed by atoms with Gasteiger partial charge in [0.2, 0.25) is 0 Å². The van der Waals surface area contributed by atoms with Crippen LogP contribution in [0.5, 0.6) is 0 Å². The Balaban J connectivity index is 1.61. The SMILES string of the molecule is Cc1cc2ccccc2n1CCNC1CCCC(C)C1. The molecule has 1 aromatic heterocycles. The van der Waals surface area contributed by atoms with E-state index in [-0.39, 0.29) is 0 Å². The third kappa shape index (κ3) is 2.90. The van der Waals surface area contributed by atoms with Crippen LogP contribution >= 0.6 is 0 Å². The lowest BCUT2D eigenvalue weighted by Crippen LogP contribution is -2.35. The number of fused-ring (bicyclic) bond motifs is 1. The van der Waals surface area contributed by atoms with Crippen LogP contribution < -0.4 is 5.32 Å². The summed E-state index contributed by atoms with van der Waals surface area (Å²) in [7, 11) is 0. The molecule has 2 nitrogen and oxygen atoms in total. The van der Waals surface area contributed by atoms with Crippen molar-refractivity contribution in [1.29, 1.82) is 0 Å². The van der Waals surface area contributed by atoms with Gasteiger partial charge in [-0.25, -0.2) is 0 Å². The highest BCUT2D eigenvalue weighted by Crippen LogP contribution is 2.23. The van der Waals surface area contributed by atoms with Crippen LogP contribution in [0.25, 0.3) is 10.9 Å². The summed E-state index contributed by atoms with van der Waals surface area (Å²) in [5, 5.41) is 5.12. The molecule has 1 saturated carbocycles. The van der Waals surface area contributed by atoms with Crippen LogP contribution in [0.4, 0.5) is 0 Å². The summed E-state index contributed by atoms with van der Waals surface area (Å²) in [6.07, 6.45) is 5.52. The molecule has 1 N–H and O–H groups in total. The molecule has 3 rings (SSSR count). The predicted molar refractivity (Wildman–Crippen MR) is 86.1 cm³/mol. The van der Waals surface area contributed by atoms with Crippen molar-refractivity contribution in [3.05, 3.63) is 36.0 Å². The average molecular weight is 270 g/mol. The molecule has 20 heavy (non-hydrogen) atoms. The zero-order valence-electron chi connectivity index (χ0n) is 12.7. The van der Waals surface area contributed by atoms with Crippen molar-refractivity contribution in [2.24, 2.45) is 5.92 Å². The molecule has 2 atom stereocenters. The van der Waals surface area contributed by atoms with E-state index < -0.39 is 0 Å². The van der Waals surface area contributed by atoms with Crippen LogP contribution in [0.1, 0.15) is 38.3 Å². The first kappa shape index (κ1) is 13.7. The number of hydrogen-bond donors (Lipinski definition) is 1. The highest BCUT2D eigenvalue weighted by atomic mass is 15.0. The molecule has 2 heteroatoms. The molecule has 0 radical (unpaired) electrons. The summed E-state index contributed by atoms with van der Waals surface area (Å²) in [6.45, 7) is 6.75. The molecular formula is C18H26N2. The van der Waals surface area contributed by atoms with Gasteiger partial charge in [0.15, 0.2) is 0 Å². The fraction of sp³-hybridized carbons (Fsp3) is 0.556. The quantitative estimate of drug-likeness (QED) is 0.884. The molecule has 1 aromatic carbocycles. The summed E-state index contributed by atoms with van der Waals surface area (Å²) in [6, 6.07) is 11.7. The number of hydrogen-bond acceptors (Lipinski definition) is 1. The van der Waals surface area contributed by atoms with Gasteiger partial charge >= 0.3 is 0 Å². The lowest BCUT2D eigenvalue weighted by Gasteiger charge is -2.27. The number of rotatable bonds is 4. The van der Waals surface area contributed by atoms with Gasteiger partial charge < -0.3 is 9.88 Å². The molecule has 1 aliphatic rings. The Morgan fingerprint density at radius 3 is 2.95 bits per heavy atom. The second-order valence-corrected chi connectivity index (χ2v) is 6.42. The standard InChI is InChI=1S/C18H26N2/c1-14-6-5-8-17(12-14)19-10-11-20-15(2)13-16-7-3-4-9-18(16)20/h3-4,7,9,13-14,17,19H,5-6,8,10-12H2,1-2H3. The minimum Gasteiger partial charge on any atom is -0.344 e. The van der Waals surface area contributed by atoms with Crippen molar-refractivity contribution in [2.45, 2.75) is 52.1 Å². The lowest BCUT2D eigenvalue weighted by atomic mass is 9.87. The van der Waals surface area contributed by atoms with Gasteiger partial charge in [0.1, 0.15) is 0 Å². The van der Waals surface area contributed by atoms with Gasteiger partial charge in [-0.2, -0.15) is 0 Å². The predicted octanol–water partition coefficient (Wildman–Crippen LogP) is 4.12. The number of nitrogens with one attached hydrogen (secondary N) is 1. The minimum absolute atomic E-state index is 0.737. The summed E-state index contributed by atoms with van der Waals surface area (Å²) in [4.78, 5) is 0. The van der Waals surface area contributed by atoms with Crippen LogP contribution in [0.15, 0.2) is 30.3 Å². The van der Waals surface area contributed by atoms with E-state index in [0.717, 1.165) is 25.0 Å². The Labute approximate surface area is 122 Å². The molecule has 1 heterocycles. The normalized spacial score (nSPS) is 23.3. The van der Waals surface area contributed by atoms with E-state index in [1.54, 1.807) is 0 Å². The van der Waals surface area contributed by atoms with Gasteiger partial charge in [-0.1, -0.05) is 38.0 Å². The zero-order chi connectivity index (χ0) is 13.9. The molecule has 0 saturated heterocycles. The van der Waals surface area contributed by atoms with Crippen molar-refractivity contribution in [3.63, 3.8) is 0 Å².